The summed E-state index contributed by atoms with van der Waals surface area (Å²) in [6.07, 6.45) is 0. The van der Waals surface area contributed by atoms with Gasteiger partial charge in [0.25, 0.3) is 10.0 Å². The Labute approximate surface area is 162 Å². The monoisotopic (exact) mass is 495 g/mol. The van der Waals surface area contributed by atoms with Gasteiger partial charge in [-0.15, -0.1) is 0 Å². The van der Waals surface area contributed by atoms with E-state index in [1.165, 1.54) is 6.07 Å². The lowest BCUT2D eigenvalue weighted by Crippen LogP contribution is -2.15. The second-order valence-electron chi connectivity index (χ2n) is 4.83. The zero-order valence-electron chi connectivity index (χ0n) is 13.5. The van der Waals surface area contributed by atoms with Gasteiger partial charge in [-0.3, -0.25) is 4.72 Å². The van der Waals surface area contributed by atoms with Gasteiger partial charge in [0.1, 0.15) is 22.2 Å². The average Bonchev–Trinajstić information content (AvgIpc) is 2.48. The number of anilines is 1. The van der Waals surface area contributed by atoms with Gasteiger partial charge in [0.2, 0.25) is 0 Å². The van der Waals surface area contributed by atoms with Crippen molar-refractivity contribution in [2.75, 3.05) is 17.9 Å². The van der Waals surface area contributed by atoms with Crippen molar-refractivity contribution >= 4 is 47.6 Å². The number of hydrogen-bond donors (Lipinski definition) is 1. The van der Waals surface area contributed by atoms with Crippen LogP contribution < -0.4 is 14.2 Å². The molecule has 9 heteroatoms. The standard InChI is InChI=1S/C16H16Br2FNO4S/c1-3-23-11-5-6-15(24-4-2)14(9-11)20-25(21,22)16-12(17)7-10(19)8-13(16)18/h5-9,20H,3-4H2,1-2H3. The van der Waals surface area contributed by atoms with Crippen molar-refractivity contribution in [2.24, 2.45) is 0 Å². The van der Waals surface area contributed by atoms with Gasteiger partial charge in [-0.1, -0.05) is 0 Å². The number of sulfonamides is 1. The van der Waals surface area contributed by atoms with Crippen LogP contribution in [0.5, 0.6) is 11.5 Å². The molecule has 0 aliphatic carbocycles. The predicted molar refractivity (Wildman–Crippen MR) is 101 cm³/mol. The average molecular weight is 497 g/mol. The Morgan fingerprint density at radius 3 is 2.20 bits per heavy atom. The molecule has 25 heavy (non-hydrogen) atoms. The van der Waals surface area contributed by atoms with E-state index >= 15 is 0 Å². The summed E-state index contributed by atoms with van der Waals surface area (Å²) < 4.78 is 52.5. The quantitative estimate of drug-likeness (QED) is 0.589. The molecule has 0 spiro atoms. The number of hydrogen-bond acceptors (Lipinski definition) is 4. The minimum absolute atomic E-state index is 0.103. The van der Waals surface area contributed by atoms with E-state index < -0.39 is 15.8 Å². The molecule has 0 radical (unpaired) electrons. The molecule has 0 amide bonds. The second-order valence-corrected chi connectivity index (χ2v) is 8.16. The zero-order chi connectivity index (χ0) is 18.6. The van der Waals surface area contributed by atoms with Crippen molar-refractivity contribution in [1.29, 1.82) is 0 Å². The van der Waals surface area contributed by atoms with Crippen LogP contribution in [-0.4, -0.2) is 21.6 Å². The predicted octanol–water partition coefficient (Wildman–Crippen LogP) is 4.95. The smallest absolute Gasteiger partial charge is 0.264 e. The van der Waals surface area contributed by atoms with Crippen LogP contribution in [0.4, 0.5) is 10.1 Å². The summed E-state index contributed by atoms with van der Waals surface area (Å²) in [7, 11) is -4.01. The van der Waals surface area contributed by atoms with Gasteiger partial charge in [-0.2, -0.15) is 0 Å². The van der Waals surface area contributed by atoms with Crippen molar-refractivity contribution in [3.63, 3.8) is 0 Å². The van der Waals surface area contributed by atoms with Crippen LogP contribution in [0.25, 0.3) is 0 Å². The van der Waals surface area contributed by atoms with E-state index in [-0.39, 0.29) is 19.5 Å². The summed E-state index contributed by atoms with van der Waals surface area (Å²) in [5.41, 5.74) is 0.232. The highest BCUT2D eigenvalue weighted by Gasteiger charge is 2.24. The Balaban J connectivity index is 2.48. The minimum Gasteiger partial charge on any atom is -0.494 e. The first kappa shape index (κ1) is 20.0. The summed E-state index contributed by atoms with van der Waals surface area (Å²) in [5.74, 6) is 0.302. The molecule has 0 aliphatic rings. The third kappa shape index (κ3) is 4.86. The summed E-state index contributed by atoms with van der Waals surface area (Å²) in [6, 6.07) is 7.02. The molecule has 1 N–H and O–H groups in total. The lowest BCUT2D eigenvalue weighted by atomic mass is 10.3. The molecule has 2 aromatic carbocycles. The summed E-state index contributed by atoms with van der Waals surface area (Å²) in [5, 5.41) is 0. The highest BCUT2D eigenvalue weighted by Crippen LogP contribution is 2.35. The lowest BCUT2D eigenvalue weighted by molar-refractivity contribution is 0.332. The molecule has 0 atom stereocenters. The van der Waals surface area contributed by atoms with Crippen LogP contribution in [0.2, 0.25) is 0 Å². The molecule has 0 aliphatic heterocycles. The van der Waals surface area contributed by atoms with E-state index in [0.29, 0.717) is 24.7 Å². The van der Waals surface area contributed by atoms with E-state index in [2.05, 4.69) is 36.6 Å². The van der Waals surface area contributed by atoms with E-state index in [0.717, 1.165) is 12.1 Å². The molecule has 0 heterocycles. The molecule has 0 aromatic heterocycles. The minimum atomic E-state index is -4.01. The van der Waals surface area contributed by atoms with E-state index in [9.17, 15) is 12.8 Å². The number of halogens is 3. The molecule has 0 fully saturated rings. The maximum atomic E-state index is 13.4. The fraction of sp³-hybridized carbons (Fsp3) is 0.250. The maximum absolute atomic E-state index is 13.4. The molecule has 0 unspecified atom stereocenters. The van der Waals surface area contributed by atoms with Gasteiger partial charge < -0.3 is 9.47 Å². The molecule has 5 nitrogen and oxygen atoms in total. The first-order valence-corrected chi connectivity index (χ1v) is 10.4. The Morgan fingerprint density at radius 1 is 1.04 bits per heavy atom. The van der Waals surface area contributed by atoms with Crippen molar-refractivity contribution in [1.82, 2.24) is 0 Å². The van der Waals surface area contributed by atoms with E-state index in [1.54, 1.807) is 19.1 Å². The lowest BCUT2D eigenvalue weighted by Gasteiger charge is -2.16. The third-order valence-corrected chi connectivity index (χ3v) is 6.28. The molecule has 0 bridgehead atoms. The van der Waals surface area contributed by atoms with Crippen LogP contribution in [0.15, 0.2) is 44.2 Å². The van der Waals surface area contributed by atoms with Crippen molar-refractivity contribution in [3.05, 3.63) is 45.1 Å². The van der Waals surface area contributed by atoms with Gasteiger partial charge in [-0.25, -0.2) is 12.8 Å². The first-order valence-electron chi connectivity index (χ1n) is 7.35. The molecule has 2 rings (SSSR count). The van der Waals surface area contributed by atoms with Crippen LogP contribution in [0, 0.1) is 5.82 Å². The van der Waals surface area contributed by atoms with Gasteiger partial charge in [0.05, 0.1) is 18.9 Å². The molecule has 0 saturated carbocycles. The summed E-state index contributed by atoms with van der Waals surface area (Å²) >= 11 is 6.18. The number of nitrogens with one attached hydrogen (secondary N) is 1. The van der Waals surface area contributed by atoms with Crippen LogP contribution in [0.3, 0.4) is 0 Å². The van der Waals surface area contributed by atoms with Gasteiger partial charge in [-0.05, 0) is 70.0 Å². The van der Waals surface area contributed by atoms with Gasteiger partial charge >= 0.3 is 0 Å². The SMILES string of the molecule is CCOc1ccc(OCC)c(NS(=O)(=O)c2c(Br)cc(F)cc2Br)c1. The zero-order valence-corrected chi connectivity index (χ0v) is 17.5. The van der Waals surface area contributed by atoms with Crippen molar-refractivity contribution in [2.45, 2.75) is 18.7 Å². The molecule has 0 saturated heterocycles. The summed E-state index contributed by atoms with van der Waals surface area (Å²) in [4.78, 5) is -0.113. The second kappa shape index (κ2) is 8.37. The van der Waals surface area contributed by atoms with Crippen LogP contribution >= 0.6 is 31.9 Å². The highest BCUT2D eigenvalue weighted by molar-refractivity contribution is 9.11. The third-order valence-electron chi connectivity index (χ3n) is 3.04. The maximum Gasteiger partial charge on any atom is 0.264 e. The summed E-state index contributed by atoms with van der Waals surface area (Å²) in [6.45, 7) is 4.43. The molecule has 2 aromatic rings. The number of rotatable bonds is 7. The highest BCUT2D eigenvalue weighted by atomic mass is 79.9. The van der Waals surface area contributed by atoms with Crippen molar-refractivity contribution in [3.8, 4) is 11.5 Å². The Hall–Kier alpha value is -1.32. The fourth-order valence-corrected chi connectivity index (χ4v) is 5.70. The molecular formula is C16H16Br2FNO4S. The van der Waals surface area contributed by atoms with Crippen molar-refractivity contribution < 1.29 is 22.3 Å². The van der Waals surface area contributed by atoms with E-state index in [1.807, 2.05) is 6.92 Å². The van der Waals surface area contributed by atoms with Crippen LogP contribution in [-0.2, 0) is 10.0 Å². The Morgan fingerprint density at radius 2 is 1.64 bits per heavy atom. The largest absolute Gasteiger partial charge is 0.494 e. The van der Waals surface area contributed by atoms with Gasteiger partial charge in [0.15, 0.2) is 0 Å². The first-order chi connectivity index (χ1) is 11.8. The molecule has 136 valence electrons. The number of benzene rings is 2. The topological polar surface area (TPSA) is 64.6 Å². The Kier molecular flexibility index (Phi) is 6.70. The normalized spacial score (nSPS) is 11.2. The van der Waals surface area contributed by atoms with E-state index in [4.69, 9.17) is 9.47 Å². The fourth-order valence-electron chi connectivity index (χ4n) is 2.11. The molecular weight excluding hydrogens is 481 g/mol. The number of ether oxygens (including phenoxy) is 2. The van der Waals surface area contributed by atoms with Crippen LogP contribution in [0.1, 0.15) is 13.8 Å². The van der Waals surface area contributed by atoms with Gasteiger partial charge in [0, 0.05) is 15.0 Å². The Bertz CT molecular complexity index is 851.